The maximum absolute atomic E-state index is 12.3. The Labute approximate surface area is 166 Å². The highest BCUT2D eigenvalue weighted by Gasteiger charge is 2.16. The molecule has 4 rings (SSSR count). The molecule has 0 radical (unpaired) electrons. The predicted octanol–water partition coefficient (Wildman–Crippen LogP) is 4.10. The second kappa shape index (κ2) is 7.48. The summed E-state index contributed by atoms with van der Waals surface area (Å²) in [7, 11) is 1.66. The Hall–Kier alpha value is -3.12. The topological polar surface area (TPSA) is 71.2 Å². The number of carbonyl (C=O) groups is 1. The number of aromatic amines is 1. The highest BCUT2D eigenvalue weighted by atomic mass is 32.1. The minimum Gasteiger partial charge on any atom is -0.496 e. The average molecular weight is 392 g/mol. The van der Waals surface area contributed by atoms with E-state index in [1.807, 2.05) is 23.6 Å². The molecule has 4 aromatic rings. The van der Waals surface area contributed by atoms with E-state index in [9.17, 15) is 9.59 Å². The van der Waals surface area contributed by atoms with Crippen molar-refractivity contribution in [2.45, 2.75) is 13.3 Å². The molecule has 0 unspecified atom stereocenters. The summed E-state index contributed by atoms with van der Waals surface area (Å²) in [6.45, 7) is 2.13. The number of aromatic nitrogens is 1. The van der Waals surface area contributed by atoms with Crippen molar-refractivity contribution in [2.24, 2.45) is 0 Å². The van der Waals surface area contributed by atoms with Crippen molar-refractivity contribution in [3.8, 4) is 16.9 Å². The molecular weight excluding hydrogens is 372 g/mol. The van der Waals surface area contributed by atoms with Gasteiger partial charge in [-0.3, -0.25) is 9.59 Å². The standard InChI is InChI=1S/C22H20N2O3S/c1-13(25)23-11-9-14-3-5-15(6-4-14)19-18(27-2)8-7-17-20(19)16-10-12-28-21(16)22(26)24-17/h3-8,10,12H,9,11H2,1-2H3,(H,23,25)(H,24,26). The van der Waals surface area contributed by atoms with Gasteiger partial charge >= 0.3 is 0 Å². The molecule has 0 spiro atoms. The fourth-order valence-corrected chi connectivity index (χ4v) is 4.30. The van der Waals surface area contributed by atoms with Gasteiger partial charge in [0.2, 0.25) is 5.91 Å². The molecule has 2 aromatic carbocycles. The number of fused-ring (bicyclic) bond motifs is 3. The maximum Gasteiger partial charge on any atom is 0.266 e. The number of rotatable bonds is 5. The lowest BCUT2D eigenvalue weighted by atomic mass is 9.96. The number of methoxy groups -OCH3 is 1. The molecule has 5 nitrogen and oxygen atoms in total. The number of H-pyrrole nitrogens is 1. The SMILES string of the molecule is COc1ccc2[nH]c(=O)c3sccc3c2c1-c1ccc(CCNC(C)=O)cc1. The lowest BCUT2D eigenvalue weighted by Gasteiger charge is -2.14. The van der Waals surface area contributed by atoms with Crippen molar-refractivity contribution in [1.29, 1.82) is 0 Å². The van der Waals surface area contributed by atoms with E-state index in [4.69, 9.17) is 4.74 Å². The van der Waals surface area contributed by atoms with Gasteiger partial charge in [0.1, 0.15) is 10.4 Å². The van der Waals surface area contributed by atoms with Gasteiger partial charge in [-0.1, -0.05) is 24.3 Å². The number of benzene rings is 2. The van der Waals surface area contributed by atoms with E-state index in [1.54, 1.807) is 7.11 Å². The monoisotopic (exact) mass is 392 g/mol. The Bertz CT molecular complexity index is 1220. The van der Waals surface area contributed by atoms with Crippen LogP contribution < -0.4 is 15.6 Å². The van der Waals surface area contributed by atoms with Crippen LogP contribution in [-0.4, -0.2) is 24.5 Å². The van der Waals surface area contributed by atoms with E-state index in [0.717, 1.165) is 45.1 Å². The van der Waals surface area contributed by atoms with Crippen LogP contribution in [0.4, 0.5) is 0 Å². The summed E-state index contributed by atoms with van der Waals surface area (Å²) < 4.78 is 6.37. The van der Waals surface area contributed by atoms with Gasteiger partial charge in [-0.25, -0.2) is 0 Å². The van der Waals surface area contributed by atoms with E-state index in [2.05, 4.69) is 34.6 Å². The number of carbonyl (C=O) groups excluding carboxylic acids is 1. The number of thiophene rings is 1. The van der Waals surface area contributed by atoms with Crippen LogP contribution in [-0.2, 0) is 11.2 Å². The van der Waals surface area contributed by atoms with Gasteiger partial charge in [-0.05, 0) is 41.1 Å². The third kappa shape index (κ3) is 3.27. The van der Waals surface area contributed by atoms with Crippen molar-refractivity contribution in [2.75, 3.05) is 13.7 Å². The summed E-state index contributed by atoms with van der Waals surface area (Å²) >= 11 is 1.44. The Morgan fingerprint density at radius 2 is 1.93 bits per heavy atom. The highest BCUT2D eigenvalue weighted by Crippen LogP contribution is 2.40. The van der Waals surface area contributed by atoms with Crippen LogP contribution in [0.2, 0.25) is 0 Å². The smallest absolute Gasteiger partial charge is 0.266 e. The average Bonchev–Trinajstić information content (AvgIpc) is 3.18. The Morgan fingerprint density at radius 3 is 2.64 bits per heavy atom. The number of ether oxygens (including phenoxy) is 1. The number of nitrogens with one attached hydrogen (secondary N) is 2. The van der Waals surface area contributed by atoms with Crippen LogP contribution in [0, 0.1) is 0 Å². The molecule has 0 aliphatic carbocycles. The fourth-order valence-electron chi connectivity index (χ4n) is 3.51. The van der Waals surface area contributed by atoms with Crippen LogP contribution in [0.1, 0.15) is 12.5 Å². The van der Waals surface area contributed by atoms with Gasteiger partial charge in [0, 0.05) is 35.3 Å². The van der Waals surface area contributed by atoms with Gasteiger partial charge in [0.15, 0.2) is 0 Å². The second-order valence-electron chi connectivity index (χ2n) is 6.61. The highest BCUT2D eigenvalue weighted by molar-refractivity contribution is 7.17. The number of hydrogen-bond donors (Lipinski definition) is 2. The van der Waals surface area contributed by atoms with Crippen LogP contribution in [0.3, 0.4) is 0 Å². The quantitative estimate of drug-likeness (QED) is 0.537. The van der Waals surface area contributed by atoms with Crippen molar-refractivity contribution in [3.63, 3.8) is 0 Å². The van der Waals surface area contributed by atoms with E-state index in [0.29, 0.717) is 11.2 Å². The van der Waals surface area contributed by atoms with Gasteiger partial charge < -0.3 is 15.0 Å². The van der Waals surface area contributed by atoms with Crippen LogP contribution in [0.15, 0.2) is 52.6 Å². The van der Waals surface area contributed by atoms with Crippen molar-refractivity contribution in [3.05, 3.63) is 63.8 Å². The van der Waals surface area contributed by atoms with Crippen molar-refractivity contribution >= 4 is 38.2 Å². The first-order valence-electron chi connectivity index (χ1n) is 9.02. The molecule has 0 saturated carbocycles. The lowest BCUT2D eigenvalue weighted by Crippen LogP contribution is -2.22. The third-order valence-corrected chi connectivity index (χ3v) is 5.72. The van der Waals surface area contributed by atoms with Crippen LogP contribution in [0.25, 0.3) is 32.1 Å². The van der Waals surface area contributed by atoms with Gasteiger partial charge in [-0.2, -0.15) is 0 Å². The van der Waals surface area contributed by atoms with Gasteiger partial charge in [-0.15, -0.1) is 11.3 Å². The van der Waals surface area contributed by atoms with Crippen molar-refractivity contribution < 1.29 is 9.53 Å². The van der Waals surface area contributed by atoms with E-state index in [1.165, 1.54) is 18.3 Å². The number of amides is 1. The van der Waals surface area contributed by atoms with E-state index >= 15 is 0 Å². The zero-order valence-corrected chi connectivity index (χ0v) is 16.5. The summed E-state index contributed by atoms with van der Waals surface area (Å²) in [5.74, 6) is 0.740. The van der Waals surface area contributed by atoms with Crippen LogP contribution >= 0.6 is 11.3 Å². The maximum atomic E-state index is 12.3. The predicted molar refractivity (Wildman–Crippen MR) is 114 cm³/mol. The molecule has 0 aliphatic heterocycles. The Morgan fingerprint density at radius 1 is 1.14 bits per heavy atom. The molecule has 28 heavy (non-hydrogen) atoms. The zero-order valence-electron chi connectivity index (χ0n) is 15.7. The molecule has 6 heteroatoms. The normalized spacial score (nSPS) is 11.1. The molecule has 1 amide bonds. The number of hydrogen-bond acceptors (Lipinski definition) is 4. The minimum absolute atomic E-state index is 0.0223. The van der Waals surface area contributed by atoms with E-state index < -0.39 is 0 Å². The molecule has 2 aromatic heterocycles. The molecule has 2 N–H and O–H groups in total. The zero-order chi connectivity index (χ0) is 19.7. The summed E-state index contributed by atoms with van der Waals surface area (Å²) in [6.07, 6.45) is 0.772. The molecule has 0 aliphatic rings. The van der Waals surface area contributed by atoms with Crippen LogP contribution in [0.5, 0.6) is 5.75 Å². The first-order valence-corrected chi connectivity index (χ1v) is 9.90. The molecule has 2 heterocycles. The largest absolute Gasteiger partial charge is 0.496 e. The third-order valence-electron chi connectivity index (χ3n) is 4.81. The molecule has 0 fully saturated rings. The first kappa shape index (κ1) is 18.3. The summed E-state index contributed by atoms with van der Waals surface area (Å²) in [6, 6.07) is 14.0. The number of pyridine rings is 1. The molecule has 0 bridgehead atoms. The van der Waals surface area contributed by atoms with Gasteiger partial charge in [0.25, 0.3) is 5.56 Å². The Balaban J connectivity index is 1.84. The molecule has 0 atom stereocenters. The molecular formula is C22H20N2O3S. The molecule has 142 valence electrons. The minimum atomic E-state index is -0.0677. The summed E-state index contributed by atoms with van der Waals surface area (Å²) in [4.78, 5) is 26.4. The van der Waals surface area contributed by atoms with Crippen molar-refractivity contribution in [1.82, 2.24) is 10.3 Å². The Kier molecular flexibility index (Phi) is 4.88. The second-order valence-corrected chi connectivity index (χ2v) is 7.53. The lowest BCUT2D eigenvalue weighted by molar-refractivity contribution is -0.118. The van der Waals surface area contributed by atoms with E-state index in [-0.39, 0.29) is 11.5 Å². The first-order chi connectivity index (χ1) is 13.6. The fraction of sp³-hybridized carbons (Fsp3) is 0.182. The molecule has 0 saturated heterocycles. The summed E-state index contributed by atoms with van der Waals surface area (Å²) in [5, 5.41) is 6.68. The van der Waals surface area contributed by atoms with Gasteiger partial charge in [0.05, 0.1) is 7.11 Å². The summed E-state index contributed by atoms with van der Waals surface area (Å²) in [5.41, 5.74) is 3.85.